The molecule has 1 N–H and O–H groups in total. The summed E-state index contributed by atoms with van der Waals surface area (Å²) >= 11 is 0. The average Bonchev–Trinajstić information content (AvgIpc) is 3.01. The molecule has 43 heavy (non-hydrogen) atoms. The number of hydrogen-bond donors (Lipinski definition) is 1. The first-order chi connectivity index (χ1) is 20.8. The van der Waals surface area contributed by atoms with Crippen LogP contribution in [0.25, 0.3) is 0 Å². The van der Waals surface area contributed by atoms with Crippen LogP contribution in [0, 0.1) is 11.3 Å². The molecule has 11 heteroatoms. The Labute approximate surface area is 248 Å². The predicted octanol–water partition coefficient (Wildman–Crippen LogP) is 2.81. The molecule has 0 saturated carbocycles. The summed E-state index contributed by atoms with van der Waals surface area (Å²) in [4.78, 5) is 57.5. The van der Waals surface area contributed by atoms with Crippen molar-refractivity contribution in [3.8, 4) is 17.2 Å². The van der Waals surface area contributed by atoms with E-state index in [-0.39, 0.29) is 30.4 Å². The molecule has 4 heterocycles. The normalized spacial score (nSPS) is 23.4. The number of anilines is 1. The van der Waals surface area contributed by atoms with E-state index in [1.807, 2.05) is 10.6 Å². The van der Waals surface area contributed by atoms with Gasteiger partial charge in [0.15, 0.2) is 0 Å². The third kappa shape index (κ3) is 5.03. The molecule has 3 aliphatic heterocycles. The van der Waals surface area contributed by atoms with Crippen LogP contribution in [-0.4, -0.2) is 68.3 Å². The number of imide groups is 2. The topological polar surface area (TPSA) is 119 Å². The molecule has 0 spiro atoms. The van der Waals surface area contributed by atoms with Gasteiger partial charge in [0, 0.05) is 56.3 Å². The van der Waals surface area contributed by atoms with Crippen LogP contribution in [0.2, 0.25) is 0 Å². The van der Waals surface area contributed by atoms with Crippen LogP contribution in [0.15, 0.2) is 65.5 Å². The molecule has 2 bridgehead atoms. The van der Waals surface area contributed by atoms with Gasteiger partial charge in [-0.25, -0.2) is 9.69 Å². The number of benzene rings is 2. The highest BCUT2D eigenvalue weighted by atomic mass is 16.5. The van der Waals surface area contributed by atoms with Crippen LogP contribution >= 0.6 is 0 Å². The number of aromatic nitrogens is 1. The van der Waals surface area contributed by atoms with Crippen molar-refractivity contribution in [1.82, 2.24) is 14.8 Å². The van der Waals surface area contributed by atoms with Gasteiger partial charge in [0.25, 0.3) is 11.5 Å². The highest BCUT2D eigenvalue weighted by Crippen LogP contribution is 2.40. The van der Waals surface area contributed by atoms with Crippen LogP contribution in [0.1, 0.15) is 23.6 Å². The lowest BCUT2D eigenvalue weighted by molar-refractivity contribution is -0.144. The molecule has 11 nitrogen and oxygen atoms in total. The maximum Gasteiger partial charge on any atom is 0.335 e. The summed E-state index contributed by atoms with van der Waals surface area (Å²) in [6, 6.07) is 16.3. The highest BCUT2D eigenvalue weighted by molar-refractivity contribution is 6.30. The number of fused-ring (bicyclic) bond motifs is 4. The molecule has 3 atom stereocenters. The maximum absolute atomic E-state index is 14.6. The molecule has 2 saturated heterocycles. The minimum absolute atomic E-state index is 0.00729. The zero-order valence-corrected chi connectivity index (χ0v) is 24.4. The zero-order valence-electron chi connectivity index (χ0n) is 24.4. The molecule has 224 valence electrons. The number of ether oxygens (including phenoxy) is 3. The number of methoxy groups -OCH3 is 3. The molecule has 3 aliphatic rings. The summed E-state index contributed by atoms with van der Waals surface area (Å²) in [5, 5.41) is 2.48. The van der Waals surface area contributed by atoms with Crippen LogP contribution in [-0.2, 0) is 22.6 Å². The van der Waals surface area contributed by atoms with Gasteiger partial charge in [-0.05, 0) is 54.3 Å². The summed E-state index contributed by atoms with van der Waals surface area (Å²) in [5.41, 5.74) is 0.251. The number of nitrogens with one attached hydrogen (secondary N) is 1. The van der Waals surface area contributed by atoms with Crippen LogP contribution in [0.4, 0.5) is 10.5 Å². The minimum atomic E-state index is -1.66. The second-order valence-corrected chi connectivity index (χ2v) is 11.4. The summed E-state index contributed by atoms with van der Waals surface area (Å²) in [5.74, 6) is 0.597. The van der Waals surface area contributed by atoms with E-state index in [1.165, 1.54) is 14.2 Å². The molecule has 1 aromatic heterocycles. The Bertz CT molecular complexity index is 1640. The Morgan fingerprint density at radius 1 is 0.860 bits per heavy atom. The lowest BCUT2D eigenvalue weighted by Crippen LogP contribution is -2.68. The van der Waals surface area contributed by atoms with Gasteiger partial charge in [-0.3, -0.25) is 19.7 Å². The fourth-order valence-electron chi connectivity index (χ4n) is 6.82. The van der Waals surface area contributed by atoms with Crippen molar-refractivity contribution < 1.29 is 28.6 Å². The third-order valence-corrected chi connectivity index (χ3v) is 8.84. The van der Waals surface area contributed by atoms with Crippen molar-refractivity contribution in [2.24, 2.45) is 11.3 Å². The third-order valence-electron chi connectivity index (χ3n) is 8.84. The SMILES string of the molecule is COc1ccc(N2C(=O)NC(=O)[C@](Cc3ccc(OC)cc3OC)(CN3C[C@@H]4C[C@H](C3)c3cccc(=O)n3C4)C2=O)cc1. The van der Waals surface area contributed by atoms with Crippen molar-refractivity contribution in [2.75, 3.05) is 45.9 Å². The molecule has 3 aromatic rings. The van der Waals surface area contributed by atoms with Crippen molar-refractivity contribution in [1.29, 1.82) is 0 Å². The number of hydrogen-bond acceptors (Lipinski definition) is 8. The summed E-state index contributed by atoms with van der Waals surface area (Å²) in [6.07, 6.45) is 0.919. The number of piperidine rings is 1. The molecular formula is C32H34N4O7. The Balaban J connectivity index is 1.40. The first kappa shape index (κ1) is 28.5. The van der Waals surface area contributed by atoms with Gasteiger partial charge in [-0.2, -0.15) is 0 Å². The number of amides is 4. The first-order valence-electron chi connectivity index (χ1n) is 14.2. The molecule has 0 unspecified atom stereocenters. The second-order valence-electron chi connectivity index (χ2n) is 11.4. The molecular weight excluding hydrogens is 552 g/mol. The van der Waals surface area contributed by atoms with Crippen LogP contribution < -0.4 is 30.0 Å². The molecule has 4 amide bonds. The molecule has 6 rings (SSSR count). The number of urea groups is 1. The van der Waals surface area contributed by atoms with Gasteiger partial charge in [0.2, 0.25) is 5.91 Å². The van der Waals surface area contributed by atoms with Crippen molar-refractivity contribution in [2.45, 2.75) is 25.3 Å². The number of barbiturate groups is 1. The van der Waals surface area contributed by atoms with Gasteiger partial charge in [0.05, 0.1) is 27.0 Å². The Morgan fingerprint density at radius 2 is 1.60 bits per heavy atom. The highest BCUT2D eigenvalue weighted by Gasteiger charge is 2.56. The quantitative estimate of drug-likeness (QED) is 0.401. The fraction of sp³-hybridized carbons (Fsp3) is 0.375. The van der Waals surface area contributed by atoms with E-state index in [9.17, 15) is 19.2 Å². The Kier molecular flexibility index (Phi) is 7.43. The van der Waals surface area contributed by atoms with E-state index in [0.717, 1.165) is 17.0 Å². The van der Waals surface area contributed by atoms with Gasteiger partial charge in [-0.1, -0.05) is 12.1 Å². The lowest BCUT2D eigenvalue weighted by atomic mass is 9.75. The lowest BCUT2D eigenvalue weighted by Gasteiger charge is -2.47. The molecule has 2 fully saturated rings. The summed E-state index contributed by atoms with van der Waals surface area (Å²) in [7, 11) is 4.60. The van der Waals surface area contributed by atoms with Gasteiger partial charge >= 0.3 is 6.03 Å². The second kappa shape index (κ2) is 11.2. The standard InChI is InChI=1S/C32H34N4O7/c1-41-24-11-8-23(9-12-24)36-30(39)32(29(38)33-31(36)40,15-21-7-10-25(42-2)14-27(21)43-3)19-34-16-20-13-22(18-34)26-5-4-6-28(37)35(26)17-20/h4-12,14,20,22H,13,15-19H2,1-3H3,(H,33,38,40)/t20-,22+,32-/m0/s1. The van der Waals surface area contributed by atoms with Crippen molar-refractivity contribution in [3.63, 3.8) is 0 Å². The number of carbonyl (C=O) groups is 3. The van der Waals surface area contributed by atoms with Gasteiger partial charge in [-0.15, -0.1) is 0 Å². The number of nitrogens with zero attached hydrogens (tertiary/aromatic N) is 3. The minimum Gasteiger partial charge on any atom is -0.497 e. The Hall–Kier alpha value is -4.64. The summed E-state index contributed by atoms with van der Waals surface area (Å²) < 4.78 is 18.1. The number of rotatable bonds is 8. The Morgan fingerprint density at radius 3 is 2.33 bits per heavy atom. The molecule has 0 aliphatic carbocycles. The van der Waals surface area contributed by atoms with Gasteiger partial charge in [0.1, 0.15) is 22.7 Å². The monoisotopic (exact) mass is 586 g/mol. The van der Waals surface area contributed by atoms with E-state index >= 15 is 0 Å². The van der Waals surface area contributed by atoms with E-state index in [2.05, 4.69) is 10.2 Å². The van der Waals surface area contributed by atoms with Crippen LogP contribution in [0.5, 0.6) is 17.2 Å². The van der Waals surface area contributed by atoms with E-state index in [4.69, 9.17) is 14.2 Å². The van der Waals surface area contributed by atoms with E-state index in [1.54, 1.807) is 61.7 Å². The van der Waals surface area contributed by atoms with Crippen LogP contribution in [0.3, 0.4) is 0 Å². The average molecular weight is 587 g/mol. The number of carbonyl (C=O) groups excluding carboxylic acids is 3. The zero-order chi connectivity index (χ0) is 30.3. The first-order valence-corrected chi connectivity index (χ1v) is 14.2. The van der Waals surface area contributed by atoms with E-state index < -0.39 is 23.3 Å². The van der Waals surface area contributed by atoms with Crippen molar-refractivity contribution >= 4 is 23.5 Å². The predicted molar refractivity (Wildman–Crippen MR) is 158 cm³/mol. The van der Waals surface area contributed by atoms with E-state index in [0.29, 0.717) is 48.1 Å². The molecule has 2 aromatic carbocycles. The summed E-state index contributed by atoms with van der Waals surface area (Å²) in [6.45, 7) is 1.84. The maximum atomic E-state index is 14.6. The van der Waals surface area contributed by atoms with Gasteiger partial charge < -0.3 is 23.7 Å². The molecule has 0 radical (unpaired) electrons. The smallest absolute Gasteiger partial charge is 0.335 e. The number of pyridine rings is 1. The fourth-order valence-corrected chi connectivity index (χ4v) is 6.82. The van der Waals surface area contributed by atoms with Crippen molar-refractivity contribution in [3.05, 3.63) is 82.3 Å². The number of likely N-dealkylation sites (tertiary alicyclic amines) is 1. The largest absolute Gasteiger partial charge is 0.497 e.